The SMILES string of the molecule is O=C(CN1CCn2cnnc2C1)c1cc(Cl)sc1Cl. The third-order valence-corrected chi connectivity index (χ3v) is 4.53. The lowest BCUT2D eigenvalue weighted by Crippen LogP contribution is -2.37. The zero-order valence-electron chi connectivity index (χ0n) is 9.84. The lowest BCUT2D eigenvalue weighted by atomic mass is 10.2. The highest BCUT2D eigenvalue weighted by atomic mass is 35.5. The van der Waals surface area contributed by atoms with Gasteiger partial charge in [-0.2, -0.15) is 0 Å². The van der Waals surface area contributed by atoms with Gasteiger partial charge in [-0.15, -0.1) is 21.5 Å². The molecule has 0 spiro atoms. The maximum Gasteiger partial charge on any atom is 0.179 e. The molecule has 0 saturated heterocycles. The van der Waals surface area contributed by atoms with Crippen molar-refractivity contribution >= 4 is 40.3 Å². The molecule has 0 saturated carbocycles. The van der Waals surface area contributed by atoms with E-state index in [9.17, 15) is 4.79 Å². The van der Waals surface area contributed by atoms with Gasteiger partial charge in [0.05, 0.1) is 23.0 Å². The van der Waals surface area contributed by atoms with Gasteiger partial charge >= 0.3 is 0 Å². The van der Waals surface area contributed by atoms with Crippen molar-refractivity contribution in [1.29, 1.82) is 0 Å². The second-order valence-corrected chi connectivity index (χ2v) is 6.60. The number of fused-ring (bicyclic) bond motifs is 1. The summed E-state index contributed by atoms with van der Waals surface area (Å²) < 4.78 is 2.98. The third-order valence-electron chi connectivity index (χ3n) is 3.04. The van der Waals surface area contributed by atoms with Crippen LogP contribution in [0.3, 0.4) is 0 Å². The monoisotopic (exact) mass is 316 g/mol. The maximum atomic E-state index is 12.2. The molecule has 0 bridgehead atoms. The van der Waals surface area contributed by atoms with E-state index in [1.54, 1.807) is 12.4 Å². The Morgan fingerprint density at radius 1 is 1.42 bits per heavy atom. The number of Topliss-reactive ketones (excluding diaryl/α,β-unsaturated/α-hetero) is 1. The molecule has 100 valence electrons. The van der Waals surface area contributed by atoms with Crippen LogP contribution in [0.5, 0.6) is 0 Å². The molecular formula is C11H10Cl2N4OS. The van der Waals surface area contributed by atoms with E-state index in [2.05, 4.69) is 10.2 Å². The fourth-order valence-electron chi connectivity index (χ4n) is 2.07. The summed E-state index contributed by atoms with van der Waals surface area (Å²) in [6.07, 6.45) is 1.71. The first kappa shape index (κ1) is 13.1. The number of aromatic nitrogens is 3. The van der Waals surface area contributed by atoms with Gasteiger partial charge in [-0.1, -0.05) is 23.2 Å². The molecule has 8 heteroatoms. The standard InChI is InChI=1S/C11H10Cl2N4OS/c12-9-3-7(11(13)19-9)8(18)4-16-1-2-17-6-14-15-10(17)5-16/h3,6H,1-2,4-5H2. The number of carbonyl (C=O) groups is 1. The second kappa shape index (κ2) is 5.20. The highest BCUT2D eigenvalue weighted by Gasteiger charge is 2.22. The Hall–Kier alpha value is -0.950. The zero-order chi connectivity index (χ0) is 13.4. The molecule has 2 aromatic heterocycles. The molecule has 19 heavy (non-hydrogen) atoms. The highest BCUT2D eigenvalue weighted by molar-refractivity contribution is 7.20. The van der Waals surface area contributed by atoms with Crippen molar-refractivity contribution in [1.82, 2.24) is 19.7 Å². The van der Waals surface area contributed by atoms with Crippen molar-refractivity contribution in [3.05, 3.63) is 32.5 Å². The first-order valence-corrected chi connectivity index (χ1v) is 7.28. The van der Waals surface area contributed by atoms with Crippen LogP contribution >= 0.6 is 34.5 Å². The van der Waals surface area contributed by atoms with Gasteiger partial charge in [0.1, 0.15) is 16.5 Å². The first-order valence-electron chi connectivity index (χ1n) is 5.70. The normalized spacial score (nSPS) is 15.5. The summed E-state index contributed by atoms with van der Waals surface area (Å²) in [6.45, 7) is 2.54. The zero-order valence-corrected chi connectivity index (χ0v) is 12.2. The predicted octanol–water partition coefficient (Wildman–Crippen LogP) is 2.34. The third kappa shape index (κ3) is 2.67. The Bertz CT molecular complexity index is 624. The fraction of sp³-hybridized carbons (Fsp3) is 0.364. The minimum Gasteiger partial charge on any atom is -0.315 e. The van der Waals surface area contributed by atoms with E-state index >= 15 is 0 Å². The van der Waals surface area contributed by atoms with Crippen molar-refractivity contribution < 1.29 is 4.79 Å². The summed E-state index contributed by atoms with van der Waals surface area (Å²) in [5.41, 5.74) is 0.503. The molecule has 0 amide bonds. The Morgan fingerprint density at radius 3 is 3.00 bits per heavy atom. The molecule has 5 nitrogen and oxygen atoms in total. The van der Waals surface area contributed by atoms with Crippen LogP contribution in [0.1, 0.15) is 16.2 Å². The number of hydrogen-bond acceptors (Lipinski definition) is 5. The summed E-state index contributed by atoms with van der Waals surface area (Å²) in [4.78, 5) is 14.2. The topological polar surface area (TPSA) is 51.0 Å². The van der Waals surface area contributed by atoms with E-state index in [0.29, 0.717) is 27.3 Å². The lowest BCUT2D eigenvalue weighted by molar-refractivity contribution is 0.0908. The first-order chi connectivity index (χ1) is 9.13. The van der Waals surface area contributed by atoms with Crippen LogP contribution in [0.25, 0.3) is 0 Å². The van der Waals surface area contributed by atoms with Crippen molar-refractivity contribution in [3.63, 3.8) is 0 Å². The van der Waals surface area contributed by atoms with E-state index in [1.165, 1.54) is 11.3 Å². The number of nitrogens with zero attached hydrogens (tertiary/aromatic N) is 4. The Labute approximate surface area is 123 Å². The molecule has 3 heterocycles. The molecule has 0 atom stereocenters. The van der Waals surface area contributed by atoms with E-state index in [-0.39, 0.29) is 5.78 Å². The van der Waals surface area contributed by atoms with E-state index in [1.807, 2.05) is 9.47 Å². The predicted molar refractivity (Wildman–Crippen MR) is 74.0 cm³/mol. The maximum absolute atomic E-state index is 12.2. The summed E-state index contributed by atoms with van der Waals surface area (Å²) >= 11 is 13.1. The summed E-state index contributed by atoms with van der Waals surface area (Å²) in [5.74, 6) is 0.870. The van der Waals surface area contributed by atoms with E-state index in [4.69, 9.17) is 23.2 Å². The Balaban J connectivity index is 1.70. The molecule has 1 aliphatic heterocycles. The van der Waals surface area contributed by atoms with Gasteiger partial charge in [-0.25, -0.2) is 0 Å². The molecule has 1 aliphatic rings. The molecule has 3 rings (SSSR count). The van der Waals surface area contributed by atoms with Crippen LogP contribution in [0.15, 0.2) is 12.4 Å². The van der Waals surface area contributed by atoms with Gasteiger partial charge in [-0.05, 0) is 6.07 Å². The van der Waals surface area contributed by atoms with Gasteiger partial charge in [0.2, 0.25) is 0 Å². The molecule has 0 aliphatic carbocycles. The van der Waals surface area contributed by atoms with Crippen LogP contribution in [0.4, 0.5) is 0 Å². The molecule has 0 fully saturated rings. The van der Waals surface area contributed by atoms with Crippen LogP contribution in [0.2, 0.25) is 8.67 Å². The molecule has 0 N–H and O–H groups in total. The van der Waals surface area contributed by atoms with E-state index < -0.39 is 0 Å². The number of carbonyl (C=O) groups excluding carboxylic acids is 1. The molecular weight excluding hydrogens is 307 g/mol. The minimum atomic E-state index is -0.0129. The molecule has 0 aromatic carbocycles. The van der Waals surface area contributed by atoms with Crippen LogP contribution in [-0.4, -0.2) is 38.5 Å². The molecule has 0 radical (unpaired) electrons. The van der Waals surface area contributed by atoms with Gasteiger partial charge in [-0.3, -0.25) is 9.69 Å². The second-order valence-electron chi connectivity index (χ2n) is 4.31. The number of rotatable bonds is 3. The van der Waals surface area contributed by atoms with Crippen molar-refractivity contribution in [3.8, 4) is 0 Å². The lowest BCUT2D eigenvalue weighted by Gasteiger charge is -2.25. The minimum absolute atomic E-state index is 0.0129. The summed E-state index contributed by atoms with van der Waals surface area (Å²) in [5, 5.41) is 7.88. The molecule has 0 unspecified atom stereocenters. The number of halogens is 2. The van der Waals surface area contributed by atoms with Crippen LogP contribution in [-0.2, 0) is 13.1 Å². The highest BCUT2D eigenvalue weighted by Crippen LogP contribution is 2.31. The van der Waals surface area contributed by atoms with Gasteiger partial charge < -0.3 is 4.57 Å². The largest absolute Gasteiger partial charge is 0.315 e. The average Bonchev–Trinajstić information content (AvgIpc) is 2.94. The number of hydrogen-bond donors (Lipinski definition) is 0. The van der Waals surface area contributed by atoms with E-state index in [0.717, 1.165) is 18.9 Å². The van der Waals surface area contributed by atoms with Gasteiger partial charge in [0, 0.05) is 13.1 Å². The summed E-state index contributed by atoms with van der Waals surface area (Å²) in [6, 6.07) is 1.63. The smallest absolute Gasteiger partial charge is 0.179 e. The fourth-order valence-corrected chi connectivity index (χ4v) is 3.57. The average molecular weight is 317 g/mol. The Kier molecular flexibility index (Phi) is 3.58. The Morgan fingerprint density at radius 2 is 2.26 bits per heavy atom. The molecule has 2 aromatic rings. The van der Waals surface area contributed by atoms with Crippen LogP contribution < -0.4 is 0 Å². The van der Waals surface area contributed by atoms with Crippen LogP contribution in [0, 0.1) is 0 Å². The van der Waals surface area contributed by atoms with Gasteiger partial charge in [0.15, 0.2) is 5.78 Å². The van der Waals surface area contributed by atoms with Crippen molar-refractivity contribution in [2.24, 2.45) is 0 Å². The quantitative estimate of drug-likeness (QED) is 0.816. The number of thiophene rings is 1. The summed E-state index contributed by atoms with van der Waals surface area (Å²) in [7, 11) is 0. The number of ketones is 1. The van der Waals surface area contributed by atoms with Crippen molar-refractivity contribution in [2.75, 3.05) is 13.1 Å². The van der Waals surface area contributed by atoms with Crippen molar-refractivity contribution in [2.45, 2.75) is 13.1 Å². The van der Waals surface area contributed by atoms with Gasteiger partial charge in [0.25, 0.3) is 0 Å².